The fourth-order valence-corrected chi connectivity index (χ4v) is 2.96. The van der Waals surface area contributed by atoms with Crippen molar-refractivity contribution in [3.8, 4) is 0 Å². The number of aliphatic carboxylic acids is 1. The third kappa shape index (κ3) is 9.48. The lowest BCUT2D eigenvalue weighted by Gasteiger charge is -2.16. The number of carboxylic acid groups (broad SMARTS) is 1. The van der Waals surface area contributed by atoms with E-state index in [4.69, 9.17) is 9.84 Å². The van der Waals surface area contributed by atoms with Gasteiger partial charge < -0.3 is 25.2 Å². The van der Waals surface area contributed by atoms with Crippen LogP contribution in [-0.4, -0.2) is 56.9 Å². The van der Waals surface area contributed by atoms with Crippen molar-refractivity contribution < 1.29 is 30.0 Å². The molecule has 1 heterocycles. The summed E-state index contributed by atoms with van der Waals surface area (Å²) >= 11 is 0. The van der Waals surface area contributed by atoms with Crippen LogP contribution >= 0.6 is 0 Å². The van der Waals surface area contributed by atoms with Gasteiger partial charge in [-0.05, 0) is 25.7 Å². The van der Waals surface area contributed by atoms with Crippen molar-refractivity contribution in [1.29, 1.82) is 0 Å². The Labute approximate surface area is 156 Å². The summed E-state index contributed by atoms with van der Waals surface area (Å²) in [5, 5.41) is 38.7. The second-order valence-electron chi connectivity index (χ2n) is 6.95. The SMILES string of the molecule is CCCCC[C@H](O)/C=C/[C@H]1O[C@H]([C@@H](O)C/C=C\CCCC(=O)O)C[C@H]1O. The molecule has 0 saturated carbocycles. The van der Waals surface area contributed by atoms with Crippen molar-refractivity contribution in [2.75, 3.05) is 0 Å². The largest absolute Gasteiger partial charge is 0.481 e. The summed E-state index contributed by atoms with van der Waals surface area (Å²) < 4.78 is 5.71. The van der Waals surface area contributed by atoms with Crippen LogP contribution in [0.25, 0.3) is 0 Å². The fourth-order valence-electron chi connectivity index (χ4n) is 2.96. The zero-order valence-electron chi connectivity index (χ0n) is 15.7. The molecule has 150 valence electrons. The van der Waals surface area contributed by atoms with E-state index in [0.29, 0.717) is 32.1 Å². The highest BCUT2D eigenvalue weighted by molar-refractivity contribution is 5.66. The van der Waals surface area contributed by atoms with Crippen molar-refractivity contribution in [3.05, 3.63) is 24.3 Å². The van der Waals surface area contributed by atoms with Gasteiger partial charge in [-0.25, -0.2) is 0 Å². The van der Waals surface area contributed by atoms with Crippen molar-refractivity contribution in [2.24, 2.45) is 0 Å². The number of rotatable bonds is 13. The van der Waals surface area contributed by atoms with Crippen LogP contribution in [0.15, 0.2) is 24.3 Å². The van der Waals surface area contributed by atoms with E-state index in [-0.39, 0.29) is 6.42 Å². The van der Waals surface area contributed by atoms with Crippen molar-refractivity contribution >= 4 is 5.97 Å². The van der Waals surface area contributed by atoms with Gasteiger partial charge in [-0.1, -0.05) is 50.5 Å². The molecule has 0 aromatic carbocycles. The predicted octanol–water partition coefficient (Wildman–Crippen LogP) is 2.56. The van der Waals surface area contributed by atoms with Gasteiger partial charge in [-0.2, -0.15) is 0 Å². The quantitative estimate of drug-likeness (QED) is 0.293. The molecule has 1 aliphatic rings. The third-order valence-corrected chi connectivity index (χ3v) is 4.55. The van der Waals surface area contributed by atoms with Gasteiger partial charge >= 0.3 is 5.97 Å². The van der Waals surface area contributed by atoms with E-state index in [2.05, 4.69) is 6.92 Å². The summed E-state index contributed by atoms with van der Waals surface area (Å²) in [5.74, 6) is -0.804. The van der Waals surface area contributed by atoms with Gasteiger partial charge in [0.1, 0.15) is 6.10 Å². The van der Waals surface area contributed by atoms with Gasteiger partial charge in [-0.15, -0.1) is 0 Å². The lowest BCUT2D eigenvalue weighted by atomic mass is 10.0. The lowest BCUT2D eigenvalue weighted by molar-refractivity contribution is -0.137. The van der Waals surface area contributed by atoms with E-state index >= 15 is 0 Å². The average Bonchev–Trinajstić information content (AvgIpc) is 2.97. The highest BCUT2D eigenvalue weighted by atomic mass is 16.5. The first-order valence-electron chi connectivity index (χ1n) is 9.68. The molecule has 0 spiro atoms. The number of hydrogen-bond acceptors (Lipinski definition) is 5. The van der Waals surface area contributed by atoms with Crippen LogP contribution in [0.3, 0.4) is 0 Å². The minimum absolute atomic E-state index is 0.142. The molecule has 26 heavy (non-hydrogen) atoms. The molecule has 1 rings (SSSR count). The first kappa shape index (κ1) is 22.8. The van der Waals surface area contributed by atoms with E-state index in [1.54, 1.807) is 12.2 Å². The number of carbonyl (C=O) groups is 1. The molecule has 6 heteroatoms. The number of aliphatic hydroxyl groups excluding tert-OH is 3. The first-order valence-corrected chi connectivity index (χ1v) is 9.68. The summed E-state index contributed by atoms with van der Waals surface area (Å²) in [6.45, 7) is 2.11. The summed E-state index contributed by atoms with van der Waals surface area (Å²) in [4.78, 5) is 10.4. The molecule has 5 atom stereocenters. The van der Waals surface area contributed by atoms with Crippen LogP contribution in [0.2, 0.25) is 0 Å². The van der Waals surface area contributed by atoms with Crippen molar-refractivity contribution in [2.45, 2.75) is 95.2 Å². The molecule has 0 radical (unpaired) electrons. The average molecular weight is 370 g/mol. The monoisotopic (exact) mass is 370 g/mol. The second-order valence-corrected chi connectivity index (χ2v) is 6.95. The van der Waals surface area contributed by atoms with E-state index in [1.165, 1.54) is 0 Å². The molecular weight excluding hydrogens is 336 g/mol. The standard InChI is InChI=1S/C20H34O6/c1-2-3-6-9-15(21)12-13-18-17(23)14-19(26-18)16(22)10-7-4-5-8-11-20(24)25/h4,7,12-13,15-19,21-23H,2-3,5-6,8-11,14H2,1H3,(H,24,25)/b7-4-,13-12+/t15-,16-,17+,18+,19-/m0/s1. The molecular formula is C20H34O6. The molecule has 1 saturated heterocycles. The fraction of sp³-hybridized carbons (Fsp3) is 0.750. The zero-order valence-corrected chi connectivity index (χ0v) is 15.7. The molecule has 0 bridgehead atoms. The van der Waals surface area contributed by atoms with Crippen LogP contribution in [0.1, 0.15) is 64.7 Å². The maximum absolute atomic E-state index is 10.4. The molecule has 0 amide bonds. The molecule has 1 fully saturated rings. The van der Waals surface area contributed by atoms with Crippen molar-refractivity contribution in [3.63, 3.8) is 0 Å². The summed E-state index contributed by atoms with van der Waals surface area (Å²) in [7, 11) is 0. The molecule has 6 nitrogen and oxygen atoms in total. The summed E-state index contributed by atoms with van der Waals surface area (Å²) in [5.41, 5.74) is 0. The Balaban J connectivity index is 2.30. The first-order chi connectivity index (χ1) is 12.4. The van der Waals surface area contributed by atoms with Gasteiger partial charge in [0, 0.05) is 12.8 Å². The Morgan fingerprint density at radius 3 is 2.69 bits per heavy atom. The molecule has 0 aromatic rings. The normalized spacial score (nSPS) is 25.9. The number of hydrogen-bond donors (Lipinski definition) is 4. The Morgan fingerprint density at radius 1 is 1.23 bits per heavy atom. The van der Waals surface area contributed by atoms with Gasteiger partial charge in [0.2, 0.25) is 0 Å². The minimum atomic E-state index is -0.804. The minimum Gasteiger partial charge on any atom is -0.481 e. The summed E-state index contributed by atoms with van der Waals surface area (Å²) in [6, 6.07) is 0. The highest BCUT2D eigenvalue weighted by Gasteiger charge is 2.35. The van der Waals surface area contributed by atoms with Gasteiger partial charge in [0.05, 0.1) is 24.4 Å². The highest BCUT2D eigenvalue weighted by Crippen LogP contribution is 2.25. The van der Waals surface area contributed by atoms with Crippen LogP contribution in [-0.2, 0) is 9.53 Å². The van der Waals surface area contributed by atoms with Gasteiger partial charge in [-0.3, -0.25) is 4.79 Å². The van der Waals surface area contributed by atoms with E-state index in [9.17, 15) is 20.1 Å². The lowest BCUT2D eigenvalue weighted by Crippen LogP contribution is -2.25. The number of carboxylic acids is 1. The Bertz CT molecular complexity index is 448. The molecule has 0 aromatic heterocycles. The number of unbranched alkanes of at least 4 members (excludes halogenated alkanes) is 3. The Morgan fingerprint density at radius 2 is 2.00 bits per heavy atom. The number of allylic oxidation sites excluding steroid dienone is 1. The topological polar surface area (TPSA) is 107 Å². The zero-order chi connectivity index (χ0) is 19.4. The smallest absolute Gasteiger partial charge is 0.303 e. The Kier molecular flexibility index (Phi) is 11.4. The van der Waals surface area contributed by atoms with Gasteiger partial charge in [0.15, 0.2) is 0 Å². The maximum atomic E-state index is 10.4. The van der Waals surface area contributed by atoms with E-state index < -0.39 is 36.5 Å². The van der Waals surface area contributed by atoms with Gasteiger partial charge in [0.25, 0.3) is 0 Å². The molecule has 0 aliphatic carbocycles. The molecule has 4 N–H and O–H groups in total. The number of ether oxygens (including phenoxy) is 1. The van der Waals surface area contributed by atoms with Crippen LogP contribution in [0.4, 0.5) is 0 Å². The molecule has 0 unspecified atom stereocenters. The van der Waals surface area contributed by atoms with E-state index in [1.807, 2.05) is 12.2 Å². The second kappa shape index (κ2) is 13.0. The van der Waals surface area contributed by atoms with Crippen molar-refractivity contribution in [1.82, 2.24) is 0 Å². The maximum Gasteiger partial charge on any atom is 0.303 e. The number of aliphatic hydroxyl groups is 3. The van der Waals surface area contributed by atoms with Crippen LogP contribution < -0.4 is 0 Å². The molecule has 1 aliphatic heterocycles. The van der Waals surface area contributed by atoms with E-state index in [0.717, 1.165) is 19.3 Å². The third-order valence-electron chi connectivity index (χ3n) is 4.55. The summed E-state index contributed by atoms with van der Waals surface area (Å²) in [6.07, 6.45) is 10.2. The predicted molar refractivity (Wildman–Crippen MR) is 99.8 cm³/mol. The van der Waals surface area contributed by atoms with Crippen LogP contribution in [0.5, 0.6) is 0 Å². The Hall–Kier alpha value is -1.21. The van der Waals surface area contributed by atoms with Crippen LogP contribution in [0, 0.1) is 0 Å².